The van der Waals surface area contributed by atoms with Crippen LogP contribution in [-0.4, -0.2) is 35.0 Å². The maximum atomic E-state index is 9.87. The molecule has 10 heavy (non-hydrogen) atoms. The van der Waals surface area contributed by atoms with Crippen molar-refractivity contribution in [2.24, 2.45) is 0 Å². The highest BCUT2D eigenvalue weighted by atomic mass is 16.3. The van der Waals surface area contributed by atoms with Crippen LogP contribution in [0.25, 0.3) is 0 Å². The lowest BCUT2D eigenvalue weighted by Gasteiger charge is -2.19. The number of carbonyl (C=O) groups excluding carboxylic acids is 2. The van der Waals surface area contributed by atoms with Crippen molar-refractivity contribution >= 4 is 12.6 Å². The zero-order valence-corrected chi connectivity index (χ0v) is 5.49. The summed E-state index contributed by atoms with van der Waals surface area (Å²) in [6.45, 7) is -0.565. The molecule has 0 bridgehead atoms. The van der Waals surface area contributed by atoms with Crippen LogP contribution in [0.4, 0.5) is 0 Å². The molecule has 0 spiro atoms. The molecule has 0 aliphatic rings. The number of carbonyl (C=O) groups is 2. The molecule has 0 aliphatic carbocycles. The highest BCUT2D eigenvalue weighted by Crippen LogP contribution is 2.10. The number of hydrogen-bond donors (Lipinski definition) is 2. The smallest absolute Gasteiger partial charge is 0.122 e. The number of aldehydes is 2. The quantitative estimate of drug-likeness (QED) is 0.482. The number of hydrogen-bond acceptors (Lipinski definition) is 4. The maximum Gasteiger partial charge on any atom is 0.122 e. The van der Waals surface area contributed by atoms with Crippen LogP contribution in [0.3, 0.4) is 0 Å². The van der Waals surface area contributed by atoms with Crippen LogP contribution in [0, 0.1) is 0 Å². The third-order valence-electron chi connectivity index (χ3n) is 1.22. The monoisotopic (exact) mass is 146 g/mol. The van der Waals surface area contributed by atoms with Gasteiger partial charge in [0.25, 0.3) is 0 Å². The SMILES string of the molecule is O=CCC(O)(CO)CC=O. The van der Waals surface area contributed by atoms with E-state index in [0.29, 0.717) is 12.6 Å². The van der Waals surface area contributed by atoms with E-state index in [-0.39, 0.29) is 12.8 Å². The summed E-state index contributed by atoms with van der Waals surface area (Å²) in [5.41, 5.74) is -1.54. The average Bonchev–Trinajstić information content (AvgIpc) is 1.89. The number of aliphatic hydroxyl groups is 2. The second-order valence-corrected chi connectivity index (χ2v) is 2.12. The average molecular weight is 146 g/mol. The van der Waals surface area contributed by atoms with E-state index in [1.54, 1.807) is 0 Å². The molecule has 0 saturated carbocycles. The van der Waals surface area contributed by atoms with Gasteiger partial charge in [0.05, 0.1) is 6.61 Å². The molecule has 0 amide bonds. The normalized spacial score (nSPS) is 11.0. The van der Waals surface area contributed by atoms with Gasteiger partial charge in [-0.1, -0.05) is 0 Å². The fourth-order valence-electron chi connectivity index (χ4n) is 0.523. The van der Waals surface area contributed by atoms with E-state index in [0.717, 1.165) is 0 Å². The van der Waals surface area contributed by atoms with Gasteiger partial charge < -0.3 is 19.8 Å². The summed E-state index contributed by atoms with van der Waals surface area (Å²) in [6, 6.07) is 0. The first-order chi connectivity index (χ1) is 4.68. The summed E-state index contributed by atoms with van der Waals surface area (Å²) in [5.74, 6) is 0. The highest BCUT2D eigenvalue weighted by Gasteiger charge is 2.24. The van der Waals surface area contributed by atoms with E-state index in [2.05, 4.69) is 0 Å². The number of aliphatic hydroxyl groups excluding tert-OH is 1. The molecule has 0 aromatic carbocycles. The Hall–Kier alpha value is -0.740. The Morgan fingerprint density at radius 1 is 1.20 bits per heavy atom. The second kappa shape index (κ2) is 4.14. The van der Waals surface area contributed by atoms with E-state index in [1.165, 1.54) is 0 Å². The first-order valence-electron chi connectivity index (χ1n) is 2.89. The molecular formula is C6H10O4. The van der Waals surface area contributed by atoms with Crippen molar-refractivity contribution in [3.63, 3.8) is 0 Å². The van der Waals surface area contributed by atoms with Crippen molar-refractivity contribution in [2.45, 2.75) is 18.4 Å². The zero-order valence-electron chi connectivity index (χ0n) is 5.49. The van der Waals surface area contributed by atoms with Crippen LogP contribution in [0.2, 0.25) is 0 Å². The molecule has 0 unspecified atom stereocenters. The lowest BCUT2D eigenvalue weighted by molar-refractivity contribution is -0.119. The highest BCUT2D eigenvalue weighted by molar-refractivity contribution is 5.56. The number of rotatable bonds is 5. The predicted molar refractivity (Wildman–Crippen MR) is 33.4 cm³/mol. The van der Waals surface area contributed by atoms with Gasteiger partial charge in [-0.2, -0.15) is 0 Å². The Balaban J connectivity index is 3.92. The van der Waals surface area contributed by atoms with Crippen LogP contribution < -0.4 is 0 Å². The summed E-state index contributed by atoms with van der Waals surface area (Å²) >= 11 is 0. The molecule has 0 rings (SSSR count). The van der Waals surface area contributed by atoms with E-state index < -0.39 is 12.2 Å². The van der Waals surface area contributed by atoms with Gasteiger partial charge in [0.1, 0.15) is 18.2 Å². The molecule has 0 aromatic heterocycles. The van der Waals surface area contributed by atoms with E-state index in [4.69, 9.17) is 10.2 Å². The Bertz CT molecular complexity index is 111. The van der Waals surface area contributed by atoms with Crippen molar-refractivity contribution < 1.29 is 19.8 Å². The predicted octanol–water partition coefficient (Wildman–Crippen LogP) is -1.11. The van der Waals surface area contributed by atoms with Gasteiger partial charge in [0.15, 0.2) is 0 Å². The van der Waals surface area contributed by atoms with Gasteiger partial charge >= 0.3 is 0 Å². The molecule has 0 fully saturated rings. The van der Waals surface area contributed by atoms with Gasteiger partial charge in [-0.15, -0.1) is 0 Å². The molecule has 4 nitrogen and oxygen atoms in total. The van der Waals surface area contributed by atoms with Crippen LogP contribution in [0.5, 0.6) is 0 Å². The van der Waals surface area contributed by atoms with Gasteiger partial charge in [0.2, 0.25) is 0 Å². The topological polar surface area (TPSA) is 74.6 Å². The first kappa shape index (κ1) is 9.26. The van der Waals surface area contributed by atoms with Crippen LogP contribution >= 0.6 is 0 Å². The molecule has 2 N–H and O–H groups in total. The second-order valence-electron chi connectivity index (χ2n) is 2.12. The summed E-state index contributed by atoms with van der Waals surface area (Å²) in [7, 11) is 0. The molecule has 0 heterocycles. The van der Waals surface area contributed by atoms with Crippen molar-refractivity contribution in [2.75, 3.05) is 6.61 Å². The minimum absolute atomic E-state index is 0.206. The largest absolute Gasteiger partial charge is 0.393 e. The Labute approximate surface area is 58.5 Å². The van der Waals surface area contributed by atoms with E-state index in [9.17, 15) is 9.59 Å². The molecule has 4 heteroatoms. The minimum Gasteiger partial charge on any atom is -0.393 e. The van der Waals surface area contributed by atoms with Crippen molar-refractivity contribution in [3.8, 4) is 0 Å². The van der Waals surface area contributed by atoms with E-state index >= 15 is 0 Å². The van der Waals surface area contributed by atoms with Crippen LogP contribution in [0.15, 0.2) is 0 Å². The molecule has 58 valence electrons. The molecule has 0 atom stereocenters. The maximum absolute atomic E-state index is 9.87. The Morgan fingerprint density at radius 2 is 1.60 bits per heavy atom. The Kier molecular flexibility index (Phi) is 3.83. The van der Waals surface area contributed by atoms with Gasteiger partial charge in [-0.05, 0) is 0 Å². The molecule has 0 aliphatic heterocycles. The van der Waals surface area contributed by atoms with Gasteiger partial charge in [0, 0.05) is 12.8 Å². The molecular weight excluding hydrogens is 136 g/mol. The fourth-order valence-corrected chi connectivity index (χ4v) is 0.523. The minimum atomic E-state index is -1.54. The van der Waals surface area contributed by atoms with Gasteiger partial charge in [-0.3, -0.25) is 0 Å². The summed E-state index contributed by atoms with van der Waals surface area (Å²) in [4.78, 5) is 19.7. The molecule has 0 radical (unpaired) electrons. The van der Waals surface area contributed by atoms with Crippen LogP contribution in [-0.2, 0) is 9.59 Å². The summed E-state index contributed by atoms with van der Waals surface area (Å²) < 4.78 is 0. The van der Waals surface area contributed by atoms with Crippen LogP contribution in [0.1, 0.15) is 12.8 Å². The van der Waals surface area contributed by atoms with E-state index in [1.807, 2.05) is 0 Å². The third-order valence-corrected chi connectivity index (χ3v) is 1.22. The zero-order chi connectivity index (χ0) is 8.04. The van der Waals surface area contributed by atoms with Crippen molar-refractivity contribution in [1.29, 1.82) is 0 Å². The van der Waals surface area contributed by atoms with Crippen molar-refractivity contribution in [1.82, 2.24) is 0 Å². The first-order valence-corrected chi connectivity index (χ1v) is 2.89. The fraction of sp³-hybridized carbons (Fsp3) is 0.667. The van der Waals surface area contributed by atoms with Gasteiger partial charge in [-0.25, -0.2) is 0 Å². The summed E-state index contributed by atoms with van der Waals surface area (Å²) in [6.07, 6.45) is 0.532. The summed E-state index contributed by atoms with van der Waals surface area (Å²) in [5, 5.41) is 17.6. The standard InChI is InChI=1S/C6H10O4/c7-3-1-6(10,5-9)2-4-8/h3-4,9-10H,1-2,5H2. The lowest BCUT2D eigenvalue weighted by Crippen LogP contribution is -2.33. The Morgan fingerprint density at radius 3 is 1.80 bits per heavy atom. The molecule has 0 saturated heterocycles. The third kappa shape index (κ3) is 2.70. The lowest BCUT2D eigenvalue weighted by atomic mass is 9.99. The van der Waals surface area contributed by atoms with Crippen molar-refractivity contribution in [3.05, 3.63) is 0 Å². The molecule has 0 aromatic rings.